The number of carbonyl (C=O) groups is 2. The lowest BCUT2D eigenvalue weighted by Gasteiger charge is -2.13. The van der Waals surface area contributed by atoms with Crippen LogP contribution in [0.15, 0.2) is 52.9 Å². The van der Waals surface area contributed by atoms with Crippen LogP contribution in [0.4, 0.5) is 11.4 Å². The highest BCUT2D eigenvalue weighted by molar-refractivity contribution is 5.98. The number of hydrogen-bond acceptors (Lipinski definition) is 6. The zero-order valence-corrected chi connectivity index (χ0v) is 16.7. The van der Waals surface area contributed by atoms with E-state index >= 15 is 0 Å². The summed E-state index contributed by atoms with van der Waals surface area (Å²) < 4.78 is 16.3. The Bertz CT molecular complexity index is 992. The van der Waals surface area contributed by atoms with Gasteiger partial charge in [-0.1, -0.05) is 18.2 Å². The molecule has 29 heavy (non-hydrogen) atoms. The maximum atomic E-state index is 12.5. The minimum absolute atomic E-state index is 0.0581. The molecule has 1 aromatic heterocycles. The summed E-state index contributed by atoms with van der Waals surface area (Å²) in [4.78, 5) is 26.6. The first-order valence-electron chi connectivity index (χ1n) is 9.32. The van der Waals surface area contributed by atoms with Crippen LogP contribution >= 0.6 is 0 Å². The molecular weight excluding hydrogens is 372 g/mol. The molecule has 3 aromatic rings. The molecule has 7 heteroatoms. The second-order valence-corrected chi connectivity index (χ2v) is 6.61. The summed E-state index contributed by atoms with van der Waals surface area (Å²) >= 11 is 0. The van der Waals surface area contributed by atoms with E-state index in [4.69, 9.17) is 13.9 Å². The molecule has 1 amide bonds. The third-order valence-electron chi connectivity index (χ3n) is 4.34. The molecule has 0 saturated carbocycles. The molecule has 0 saturated heterocycles. The Morgan fingerprint density at radius 1 is 1.07 bits per heavy atom. The first-order chi connectivity index (χ1) is 14.0. The molecule has 0 radical (unpaired) electrons. The van der Waals surface area contributed by atoms with Crippen molar-refractivity contribution in [1.82, 2.24) is 0 Å². The first-order valence-corrected chi connectivity index (χ1v) is 9.32. The number of para-hydroxylation sites is 1. The van der Waals surface area contributed by atoms with Crippen LogP contribution < -0.4 is 10.2 Å². The Labute approximate surface area is 169 Å². The Hall–Kier alpha value is -3.32. The zero-order valence-electron chi connectivity index (χ0n) is 16.7. The third-order valence-corrected chi connectivity index (χ3v) is 4.34. The highest BCUT2D eigenvalue weighted by Crippen LogP contribution is 2.27. The molecule has 2 aromatic carbocycles. The largest absolute Gasteiger partial charge is 0.450 e. The van der Waals surface area contributed by atoms with Crippen molar-refractivity contribution in [3.63, 3.8) is 0 Å². The molecule has 0 aliphatic heterocycles. The summed E-state index contributed by atoms with van der Waals surface area (Å²) in [6, 6.07) is 14.6. The van der Waals surface area contributed by atoms with Crippen molar-refractivity contribution >= 4 is 34.2 Å². The summed E-state index contributed by atoms with van der Waals surface area (Å²) in [7, 11) is 3.87. The van der Waals surface area contributed by atoms with Crippen molar-refractivity contribution in [3.05, 3.63) is 59.9 Å². The van der Waals surface area contributed by atoms with Crippen LogP contribution in [0.2, 0.25) is 0 Å². The third kappa shape index (κ3) is 4.94. The number of furan rings is 1. The number of fused-ring (bicyclic) bond motifs is 1. The SMILES string of the molecule is CCOCc1c(C(=O)OCC(=O)Nc2ccc(N(C)C)cc2)oc2ccccc12. The number of carbonyl (C=O) groups excluding carboxylic acids is 2. The van der Waals surface area contributed by atoms with E-state index in [9.17, 15) is 9.59 Å². The lowest BCUT2D eigenvalue weighted by Crippen LogP contribution is -2.21. The molecule has 0 bridgehead atoms. The van der Waals surface area contributed by atoms with Gasteiger partial charge in [0.05, 0.1) is 6.61 Å². The van der Waals surface area contributed by atoms with Gasteiger partial charge in [-0.3, -0.25) is 4.79 Å². The average Bonchev–Trinajstić information content (AvgIpc) is 3.09. The number of benzene rings is 2. The van der Waals surface area contributed by atoms with E-state index in [2.05, 4.69) is 5.32 Å². The quantitative estimate of drug-likeness (QED) is 0.583. The predicted octanol–water partition coefficient (Wildman–Crippen LogP) is 3.83. The summed E-state index contributed by atoms with van der Waals surface area (Å²) in [5.41, 5.74) is 2.82. The molecule has 0 spiro atoms. The number of nitrogens with one attached hydrogen (secondary N) is 1. The summed E-state index contributed by atoms with van der Waals surface area (Å²) in [5, 5.41) is 3.49. The lowest BCUT2D eigenvalue weighted by atomic mass is 10.1. The highest BCUT2D eigenvalue weighted by atomic mass is 16.5. The number of ether oxygens (including phenoxy) is 2. The molecule has 3 rings (SSSR count). The molecule has 0 fully saturated rings. The van der Waals surface area contributed by atoms with Crippen LogP contribution in [0.25, 0.3) is 11.0 Å². The van der Waals surface area contributed by atoms with Gasteiger partial charge in [-0.2, -0.15) is 0 Å². The molecule has 0 atom stereocenters. The first kappa shape index (κ1) is 20.4. The predicted molar refractivity (Wildman–Crippen MR) is 111 cm³/mol. The molecule has 1 heterocycles. The van der Waals surface area contributed by atoms with Crippen LogP contribution in [0, 0.1) is 0 Å². The number of nitrogens with zero attached hydrogens (tertiary/aromatic N) is 1. The molecule has 0 aliphatic carbocycles. The van der Waals surface area contributed by atoms with Gasteiger partial charge in [-0.25, -0.2) is 4.79 Å². The van der Waals surface area contributed by atoms with Gasteiger partial charge in [0.1, 0.15) is 5.58 Å². The smallest absolute Gasteiger partial charge is 0.375 e. The molecule has 1 N–H and O–H groups in total. The minimum atomic E-state index is -0.700. The van der Waals surface area contributed by atoms with E-state index < -0.39 is 18.5 Å². The second-order valence-electron chi connectivity index (χ2n) is 6.61. The summed E-state index contributed by atoms with van der Waals surface area (Å²) in [5.74, 6) is -1.07. The number of anilines is 2. The van der Waals surface area contributed by atoms with Crippen LogP contribution in [0.3, 0.4) is 0 Å². The van der Waals surface area contributed by atoms with Crippen molar-refractivity contribution in [2.24, 2.45) is 0 Å². The fraction of sp³-hybridized carbons (Fsp3) is 0.273. The standard InChI is InChI=1S/C22H24N2O5/c1-4-27-13-18-17-7-5-6-8-19(17)29-21(18)22(26)28-14-20(25)23-15-9-11-16(12-10-15)24(2)3/h5-12H,4,13-14H2,1-3H3,(H,23,25). The van der Waals surface area contributed by atoms with Gasteiger partial charge < -0.3 is 24.1 Å². The van der Waals surface area contributed by atoms with Crippen molar-refractivity contribution in [2.45, 2.75) is 13.5 Å². The summed E-state index contributed by atoms with van der Waals surface area (Å²) in [6.07, 6.45) is 0. The molecule has 0 aliphatic rings. The van der Waals surface area contributed by atoms with Crippen LogP contribution in [-0.4, -0.2) is 39.2 Å². The minimum Gasteiger partial charge on any atom is -0.450 e. The monoisotopic (exact) mass is 396 g/mol. The fourth-order valence-electron chi connectivity index (χ4n) is 2.85. The molecule has 7 nitrogen and oxygen atoms in total. The van der Waals surface area contributed by atoms with Crippen molar-refractivity contribution in [2.75, 3.05) is 37.5 Å². The van der Waals surface area contributed by atoms with E-state index in [-0.39, 0.29) is 12.4 Å². The van der Waals surface area contributed by atoms with Gasteiger partial charge in [0.2, 0.25) is 5.76 Å². The van der Waals surface area contributed by atoms with Crippen LogP contribution in [0.1, 0.15) is 23.0 Å². The Balaban J connectivity index is 1.65. The van der Waals surface area contributed by atoms with Gasteiger partial charge in [-0.15, -0.1) is 0 Å². The molecule has 0 unspecified atom stereocenters. The van der Waals surface area contributed by atoms with Gasteiger partial charge in [0.25, 0.3) is 5.91 Å². The number of rotatable bonds is 8. The normalized spacial score (nSPS) is 10.7. The van der Waals surface area contributed by atoms with E-state index in [0.717, 1.165) is 11.1 Å². The molecular formula is C22H24N2O5. The fourth-order valence-corrected chi connectivity index (χ4v) is 2.85. The van der Waals surface area contributed by atoms with Gasteiger partial charge in [0, 0.05) is 43.0 Å². The van der Waals surface area contributed by atoms with Gasteiger partial charge in [-0.05, 0) is 37.3 Å². The van der Waals surface area contributed by atoms with Crippen LogP contribution in [-0.2, 0) is 20.9 Å². The number of esters is 1. The second kappa shape index (κ2) is 9.25. The lowest BCUT2D eigenvalue weighted by molar-refractivity contribution is -0.119. The Kier molecular flexibility index (Phi) is 6.51. The average molecular weight is 396 g/mol. The number of hydrogen-bond donors (Lipinski definition) is 1. The van der Waals surface area contributed by atoms with Gasteiger partial charge in [0.15, 0.2) is 6.61 Å². The van der Waals surface area contributed by atoms with Crippen molar-refractivity contribution in [3.8, 4) is 0 Å². The maximum Gasteiger partial charge on any atom is 0.375 e. The van der Waals surface area contributed by atoms with Crippen molar-refractivity contribution in [1.29, 1.82) is 0 Å². The summed E-state index contributed by atoms with van der Waals surface area (Å²) in [6.45, 7) is 2.18. The molecule has 152 valence electrons. The van der Waals surface area contributed by atoms with E-state index in [1.54, 1.807) is 18.2 Å². The van der Waals surface area contributed by atoms with Gasteiger partial charge >= 0.3 is 5.97 Å². The van der Waals surface area contributed by atoms with E-state index in [0.29, 0.717) is 23.4 Å². The Morgan fingerprint density at radius 3 is 2.48 bits per heavy atom. The Morgan fingerprint density at radius 2 is 1.79 bits per heavy atom. The van der Waals surface area contributed by atoms with E-state index in [1.807, 2.05) is 56.3 Å². The number of amides is 1. The maximum absolute atomic E-state index is 12.5. The van der Waals surface area contributed by atoms with E-state index in [1.165, 1.54) is 0 Å². The van der Waals surface area contributed by atoms with Crippen LogP contribution in [0.5, 0.6) is 0 Å². The zero-order chi connectivity index (χ0) is 20.8. The topological polar surface area (TPSA) is 81.0 Å². The highest BCUT2D eigenvalue weighted by Gasteiger charge is 2.22. The van der Waals surface area contributed by atoms with Crippen molar-refractivity contribution < 1.29 is 23.5 Å².